The fourth-order valence-corrected chi connectivity index (χ4v) is 4.41. The number of benzene rings is 3. The van der Waals surface area contributed by atoms with Gasteiger partial charge in [-0.05, 0) is 74.3 Å². The van der Waals surface area contributed by atoms with E-state index in [-0.39, 0.29) is 36.7 Å². The second-order valence-electron chi connectivity index (χ2n) is 8.36. The molecule has 4 aromatic rings. The molecule has 1 heterocycles. The number of nitrogens with zero attached hydrogens (tertiary/aromatic N) is 2. The Kier molecular flexibility index (Phi) is 8.01. The number of aromatic nitrogens is 1. The van der Waals surface area contributed by atoms with Crippen molar-refractivity contribution in [1.82, 2.24) is 10.1 Å². The zero-order valence-corrected chi connectivity index (χ0v) is 20.2. The lowest BCUT2D eigenvalue weighted by Gasteiger charge is -2.27. The van der Waals surface area contributed by atoms with Gasteiger partial charge in [-0.3, -0.25) is 4.90 Å². The van der Waals surface area contributed by atoms with Crippen molar-refractivity contribution in [1.29, 1.82) is 0 Å². The summed E-state index contributed by atoms with van der Waals surface area (Å²) in [5.74, 6) is 0.497. The lowest BCUT2D eigenvalue weighted by molar-refractivity contribution is 0.283. The molecule has 4 nitrogen and oxygen atoms in total. The number of ether oxygens (including phenoxy) is 1. The van der Waals surface area contributed by atoms with Crippen LogP contribution in [0.2, 0.25) is 0 Å². The summed E-state index contributed by atoms with van der Waals surface area (Å²) in [5.41, 5.74) is 6.15. The molecule has 2 aliphatic carbocycles. The predicted molar refractivity (Wildman–Crippen MR) is 133 cm³/mol. The maximum atomic E-state index is 13.3. The van der Waals surface area contributed by atoms with Gasteiger partial charge in [0.25, 0.3) is 0 Å². The Bertz CT molecular complexity index is 1210. The van der Waals surface area contributed by atoms with Crippen LogP contribution in [0.25, 0.3) is 11.0 Å². The van der Waals surface area contributed by atoms with E-state index in [9.17, 15) is 4.39 Å². The standard InChI is InChI=1S/C26H25FN2O2.2ClH/c1-29(2)25-19-10-6-17(7-11-19)4-3-5-22-21-14-15-23(24(25)26(21)31-28-22)30-16-18-8-12-20(27)13-9-18;;/h6-15,25H,3-5,16H2,1-2H3;2*1H. The molecule has 0 saturated carbocycles. The van der Waals surface area contributed by atoms with Gasteiger partial charge in [0.1, 0.15) is 18.2 Å². The molecule has 0 spiro atoms. The summed E-state index contributed by atoms with van der Waals surface area (Å²) in [7, 11) is 4.12. The molecule has 1 atom stereocenters. The molecule has 1 unspecified atom stereocenters. The van der Waals surface area contributed by atoms with Crippen LogP contribution in [0.15, 0.2) is 65.2 Å². The van der Waals surface area contributed by atoms with E-state index in [4.69, 9.17) is 9.26 Å². The van der Waals surface area contributed by atoms with E-state index in [0.29, 0.717) is 6.61 Å². The monoisotopic (exact) mass is 488 g/mol. The molecule has 0 amide bonds. The maximum absolute atomic E-state index is 13.3. The van der Waals surface area contributed by atoms with Crippen molar-refractivity contribution in [3.05, 3.63) is 94.4 Å². The molecule has 0 aliphatic heterocycles. The van der Waals surface area contributed by atoms with Gasteiger partial charge in [0, 0.05) is 5.39 Å². The Morgan fingerprint density at radius 1 is 0.970 bits per heavy atom. The summed E-state index contributed by atoms with van der Waals surface area (Å²) in [4.78, 5) is 2.17. The largest absolute Gasteiger partial charge is 0.488 e. The number of aryl methyl sites for hydroxylation is 2. The Morgan fingerprint density at radius 2 is 1.70 bits per heavy atom. The molecule has 6 bridgehead atoms. The Labute approximate surface area is 205 Å². The van der Waals surface area contributed by atoms with Crippen LogP contribution in [-0.2, 0) is 19.4 Å². The third-order valence-corrected chi connectivity index (χ3v) is 5.99. The van der Waals surface area contributed by atoms with Crippen molar-refractivity contribution in [2.75, 3.05) is 14.1 Å². The van der Waals surface area contributed by atoms with E-state index >= 15 is 0 Å². The maximum Gasteiger partial charge on any atom is 0.175 e. The van der Waals surface area contributed by atoms with Gasteiger partial charge in [-0.25, -0.2) is 4.39 Å². The van der Waals surface area contributed by atoms with E-state index in [1.165, 1.54) is 23.3 Å². The van der Waals surface area contributed by atoms with Crippen LogP contribution in [0.5, 0.6) is 5.75 Å². The van der Waals surface area contributed by atoms with E-state index in [1.54, 1.807) is 12.1 Å². The molecule has 0 fully saturated rings. The third kappa shape index (κ3) is 5.01. The summed E-state index contributed by atoms with van der Waals surface area (Å²) in [6.07, 6.45) is 2.92. The van der Waals surface area contributed by atoms with E-state index in [1.807, 2.05) is 12.1 Å². The van der Waals surface area contributed by atoms with Crippen LogP contribution in [0.4, 0.5) is 4.39 Å². The summed E-state index contributed by atoms with van der Waals surface area (Å²) in [6.45, 7) is 0.346. The Morgan fingerprint density at radius 3 is 2.39 bits per heavy atom. The molecule has 0 N–H and O–H groups in total. The van der Waals surface area contributed by atoms with Crippen LogP contribution in [0.1, 0.15) is 40.4 Å². The van der Waals surface area contributed by atoms with E-state index in [2.05, 4.69) is 48.4 Å². The van der Waals surface area contributed by atoms with Gasteiger partial charge < -0.3 is 9.26 Å². The highest BCUT2D eigenvalue weighted by Gasteiger charge is 2.27. The quantitative estimate of drug-likeness (QED) is 0.327. The molecule has 33 heavy (non-hydrogen) atoms. The molecule has 0 saturated heterocycles. The van der Waals surface area contributed by atoms with Crippen molar-refractivity contribution in [3.8, 4) is 5.75 Å². The zero-order valence-electron chi connectivity index (χ0n) is 18.6. The minimum Gasteiger partial charge on any atom is -0.488 e. The van der Waals surface area contributed by atoms with Crippen molar-refractivity contribution < 1.29 is 13.7 Å². The highest BCUT2D eigenvalue weighted by Crippen LogP contribution is 2.40. The summed E-state index contributed by atoms with van der Waals surface area (Å²) in [6, 6.07) is 19.2. The Balaban J connectivity index is 0.00000153. The lowest BCUT2D eigenvalue weighted by Crippen LogP contribution is -2.22. The number of rotatable bonds is 4. The summed E-state index contributed by atoms with van der Waals surface area (Å²) >= 11 is 0. The molecule has 1 aromatic heterocycles. The van der Waals surface area contributed by atoms with Crippen LogP contribution in [0, 0.1) is 5.82 Å². The van der Waals surface area contributed by atoms with Gasteiger partial charge >= 0.3 is 0 Å². The van der Waals surface area contributed by atoms with Crippen molar-refractivity contribution in [2.45, 2.75) is 31.9 Å². The molecule has 3 aromatic carbocycles. The van der Waals surface area contributed by atoms with Gasteiger partial charge in [-0.2, -0.15) is 0 Å². The van der Waals surface area contributed by atoms with Crippen molar-refractivity contribution in [3.63, 3.8) is 0 Å². The third-order valence-electron chi connectivity index (χ3n) is 5.99. The molecule has 2 aliphatic rings. The van der Waals surface area contributed by atoms with Crippen LogP contribution in [0.3, 0.4) is 0 Å². The smallest absolute Gasteiger partial charge is 0.175 e. The summed E-state index contributed by atoms with van der Waals surface area (Å²) < 4.78 is 25.5. The minimum absolute atomic E-state index is 0. The van der Waals surface area contributed by atoms with Gasteiger partial charge in [-0.1, -0.05) is 41.6 Å². The van der Waals surface area contributed by atoms with Crippen LogP contribution < -0.4 is 4.74 Å². The fraction of sp³-hybridized carbons (Fsp3) is 0.269. The molecule has 7 heteroatoms. The molecule has 0 radical (unpaired) electrons. The first-order valence-electron chi connectivity index (χ1n) is 10.6. The molecule has 6 rings (SSSR count). The number of halogens is 3. The van der Waals surface area contributed by atoms with Crippen LogP contribution in [-0.4, -0.2) is 24.2 Å². The second kappa shape index (κ2) is 10.6. The average Bonchev–Trinajstić information content (AvgIpc) is 3.18. The van der Waals surface area contributed by atoms with Gasteiger partial charge in [-0.15, -0.1) is 24.8 Å². The Hall–Kier alpha value is -2.60. The van der Waals surface area contributed by atoms with Crippen molar-refractivity contribution >= 4 is 35.8 Å². The first-order valence-corrected chi connectivity index (χ1v) is 10.6. The number of hydrogen-bond donors (Lipinski definition) is 0. The summed E-state index contributed by atoms with van der Waals surface area (Å²) in [5, 5.41) is 5.46. The SMILES string of the molecule is CN(C)C1c2ccc(cc2)CCCc2noc3c1c(OCc1ccc(F)cc1)ccc23.Cl.Cl. The van der Waals surface area contributed by atoms with E-state index < -0.39 is 0 Å². The van der Waals surface area contributed by atoms with Gasteiger partial charge in [0.2, 0.25) is 0 Å². The predicted octanol–water partition coefficient (Wildman–Crippen LogP) is 6.53. The lowest BCUT2D eigenvalue weighted by atomic mass is 9.92. The normalized spacial score (nSPS) is 15.0. The highest BCUT2D eigenvalue weighted by molar-refractivity contribution is 5.86. The molecular weight excluding hydrogens is 462 g/mol. The zero-order chi connectivity index (χ0) is 21.4. The highest BCUT2D eigenvalue weighted by atomic mass is 35.5. The minimum atomic E-state index is -0.252. The average molecular weight is 489 g/mol. The van der Waals surface area contributed by atoms with Gasteiger partial charge in [0.15, 0.2) is 5.58 Å². The number of hydrogen-bond acceptors (Lipinski definition) is 4. The number of fused-ring (bicyclic) bond motifs is 4. The molecule has 174 valence electrons. The van der Waals surface area contributed by atoms with Crippen molar-refractivity contribution in [2.24, 2.45) is 0 Å². The first-order chi connectivity index (χ1) is 15.1. The van der Waals surface area contributed by atoms with Crippen LogP contribution >= 0.6 is 24.8 Å². The van der Waals surface area contributed by atoms with E-state index in [0.717, 1.165) is 52.8 Å². The second-order valence-corrected chi connectivity index (χ2v) is 8.36. The van der Waals surface area contributed by atoms with Gasteiger partial charge in [0.05, 0.1) is 17.3 Å². The topological polar surface area (TPSA) is 38.5 Å². The molecular formula is C26H27Cl2FN2O2. The first kappa shape index (κ1) is 25.0. The fourth-order valence-electron chi connectivity index (χ4n) is 4.41.